The van der Waals surface area contributed by atoms with E-state index in [1.54, 1.807) is 6.07 Å². The van der Waals surface area contributed by atoms with Gasteiger partial charge in [-0.25, -0.2) is 18.1 Å². The van der Waals surface area contributed by atoms with E-state index >= 15 is 0 Å². The maximum Gasteiger partial charge on any atom is 0.258 e. The van der Waals surface area contributed by atoms with Crippen LogP contribution in [0.4, 0.5) is 0 Å². The molecule has 1 aromatic heterocycles. The molecule has 0 amide bonds. The van der Waals surface area contributed by atoms with Crippen molar-refractivity contribution in [1.82, 2.24) is 9.71 Å². The molecule has 1 rings (SSSR count). The fraction of sp³-hybridized carbons (Fsp3) is 0.667. The number of aromatic nitrogens is 1. The smallest absolute Gasteiger partial charge is 0.258 e. The standard InChI is InChI=1S/C15H26N2O3S/c1-4-5-6-9-15(2,3)12-17-21(19,20)14-8-7-13(11-18)10-16-14/h7-8,10,17-18H,4-6,9,11-12H2,1-3H3. The van der Waals surface area contributed by atoms with Crippen LogP contribution in [0.1, 0.15) is 52.0 Å². The monoisotopic (exact) mass is 314 g/mol. The molecular formula is C15H26N2O3S. The van der Waals surface area contributed by atoms with Crippen LogP contribution in [-0.2, 0) is 16.6 Å². The van der Waals surface area contributed by atoms with Gasteiger partial charge in [0.2, 0.25) is 0 Å². The van der Waals surface area contributed by atoms with Gasteiger partial charge in [-0.3, -0.25) is 0 Å². The lowest BCUT2D eigenvalue weighted by Crippen LogP contribution is -2.34. The highest BCUT2D eigenvalue weighted by Gasteiger charge is 2.22. The average molecular weight is 314 g/mol. The van der Waals surface area contributed by atoms with Crippen molar-refractivity contribution in [2.75, 3.05) is 6.54 Å². The van der Waals surface area contributed by atoms with Crippen LogP contribution in [0.25, 0.3) is 0 Å². The molecule has 1 aromatic rings. The molecule has 1 heterocycles. The van der Waals surface area contributed by atoms with Crippen molar-refractivity contribution in [3.8, 4) is 0 Å². The highest BCUT2D eigenvalue weighted by molar-refractivity contribution is 7.89. The summed E-state index contributed by atoms with van der Waals surface area (Å²) in [5, 5.41) is 8.93. The first-order chi connectivity index (χ1) is 9.80. The first kappa shape index (κ1) is 18.1. The van der Waals surface area contributed by atoms with Crippen molar-refractivity contribution < 1.29 is 13.5 Å². The normalized spacial score (nSPS) is 12.6. The Morgan fingerprint density at radius 1 is 1.29 bits per heavy atom. The Bertz CT molecular complexity index is 524. The minimum absolute atomic E-state index is 0.0101. The molecule has 0 fully saturated rings. The Morgan fingerprint density at radius 3 is 2.52 bits per heavy atom. The van der Waals surface area contributed by atoms with Crippen LogP contribution < -0.4 is 4.72 Å². The number of nitrogens with one attached hydrogen (secondary N) is 1. The van der Waals surface area contributed by atoms with Gasteiger partial charge in [0.15, 0.2) is 5.03 Å². The van der Waals surface area contributed by atoms with Gasteiger partial charge in [-0.15, -0.1) is 0 Å². The summed E-state index contributed by atoms with van der Waals surface area (Å²) in [7, 11) is -3.59. The molecule has 0 aromatic carbocycles. The molecule has 0 unspecified atom stereocenters. The van der Waals surface area contributed by atoms with E-state index in [1.165, 1.54) is 18.7 Å². The molecule has 0 saturated heterocycles. The largest absolute Gasteiger partial charge is 0.392 e. The third kappa shape index (κ3) is 6.11. The Morgan fingerprint density at radius 2 is 2.00 bits per heavy atom. The topological polar surface area (TPSA) is 79.3 Å². The summed E-state index contributed by atoms with van der Waals surface area (Å²) in [5.74, 6) is 0. The van der Waals surface area contributed by atoms with Crippen molar-refractivity contribution in [2.24, 2.45) is 5.41 Å². The van der Waals surface area contributed by atoms with Crippen LogP contribution in [-0.4, -0.2) is 25.1 Å². The maximum absolute atomic E-state index is 12.2. The van der Waals surface area contributed by atoms with Crippen LogP contribution in [0.5, 0.6) is 0 Å². The number of rotatable bonds is 9. The maximum atomic E-state index is 12.2. The van der Waals surface area contributed by atoms with Gasteiger partial charge in [-0.05, 0) is 23.5 Å². The van der Waals surface area contributed by atoms with E-state index < -0.39 is 10.0 Å². The van der Waals surface area contributed by atoms with Gasteiger partial charge in [0.1, 0.15) is 0 Å². The summed E-state index contributed by atoms with van der Waals surface area (Å²) in [6.07, 6.45) is 5.79. The van der Waals surface area contributed by atoms with Crippen molar-refractivity contribution in [3.63, 3.8) is 0 Å². The second-order valence-corrected chi connectivity index (χ2v) is 7.82. The third-order valence-corrected chi connectivity index (χ3v) is 4.77. The number of hydrogen-bond acceptors (Lipinski definition) is 4. The fourth-order valence-electron chi connectivity index (χ4n) is 1.97. The fourth-order valence-corrected chi connectivity index (χ4v) is 3.14. The molecular weight excluding hydrogens is 288 g/mol. The Hall–Kier alpha value is -0.980. The highest BCUT2D eigenvalue weighted by Crippen LogP contribution is 2.23. The lowest BCUT2D eigenvalue weighted by atomic mass is 9.87. The van der Waals surface area contributed by atoms with Crippen molar-refractivity contribution in [2.45, 2.75) is 58.1 Å². The van der Waals surface area contributed by atoms with Crippen molar-refractivity contribution >= 4 is 10.0 Å². The number of aliphatic hydroxyl groups is 1. The van der Waals surface area contributed by atoms with E-state index in [-0.39, 0.29) is 17.0 Å². The summed E-state index contributed by atoms with van der Waals surface area (Å²) >= 11 is 0. The number of aliphatic hydroxyl groups excluding tert-OH is 1. The van der Waals surface area contributed by atoms with Crippen LogP contribution in [0.2, 0.25) is 0 Å². The number of unbranched alkanes of at least 4 members (excludes halogenated alkanes) is 2. The van der Waals surface area contributed by atoms with Crippen LogP contribution in [0.3, 0.4) is 0 Å². The zero-order valence-electron chi connectivity index (χ0n) is 13.1. The summed E-state index contributed by atoms with van der Waals surface area (Å²) in [4.78, 5) is 3.89. The van der Waals surface area contributed by atoms with Crippen LogP contribution in [0, 0.1) is 5.41 Å². The van der Waals surface area contributed by atoms with Gasteiger partial charge in [0.25, 0.3) is 10.0 Å². The molecule has 0 aliphatic heterocycles. The predicted molar refractivity (Wildman–Crippen MR) is 83.3 cm³/mol. The zero-order chi connectivity index (χ0) is 15.9. The van der Waals surface area contributed by atoms with E-state index in [0.29, 0.717) is 12.1 Å². The minimum Gasteiger partial charge on any atom is -0.392 e. The Balaban J connectivity index is 2.63. The second kappa shape index (κ2) is 7.87. The lowest BCUT2D eigenvalue weighted by Gasteiger charge is -2.24. The molecule has 0 bridgehead atoms. The average Bonchev–Trinajstić information content (AvgIpc) is 2.46. The molecule has 0 spiro atoms. The summed E-state index contributed by atoms with van der Waals surface area (Å²) in [6.45, 7) is 6.52. The first-order valence-electron chi connectivity index (χ1n) is 7.36. The molecule has 0 radical (unpaired) electrons. The van der Waals surface area contributed by atoms with Gasteiger partial charge in [-0.1, -0.05) is 46.1 Å². The number of pyridine rings is 1. The van der Waals surface area contributed by atoms with E-state index in [2.05, 4.69) is 30.5 Å². The van der Waals surface area contributed by atoms with E-state index in [9.17, 15) is 8.42 Å². The quantitative estimate of drug-likeness (QED) is 0.686. The zero-order valence-corrected chi connectivity index (χ0v) is 13.9. The Labute approximate surface area is 127 Å². The molecule has 0 aliphatic rings. The van der Waals surface area contributed by atoms with Gasteiger partial charge in [0.05, 0.1) is 6.61 Å². The molecule has 21 heavy (non-hydrogen) atoms. The summed E-state index contributed by atoms with van der Waals surface area (Å²) < 4.78 is 27.0. The Kier molecular flexibility index (Phi) is 6.77. The van der Waals surface area contributed by atoms with Crippen molar-refractivity contribution in [3.05, 3.63) is 23.9 Å². The van der Waals surface area contributed by atoms with Crippen molar-refractivity contribution in [1.29, 1.82) is 0 Å². The molecule has 120 valence electrons. The van der Waals surface area contributed by atoms with Gasteiger partial charge >= 0.3 is 0 Å². The number of hydrogen-bond donors (Lipinski definition) is 2. The molecule has 0 aliphatic carbocycles. The van der Waals surface area contributed by atoms with Crippen LogP contribution >= 0.6 is 0 Å². The first-order valence-corrected chi connectivity index (χ1v) is 8.84. The molecule has 5 nitrogen and oxygen atoms in total. The van der Waals surface area contributed by atoms with Crippen LogP contribution in [0.15, 0.2) is 23.4 Å². The predicted octanol–water partition coefficient (Wildman–Crippen LogP) is 2.46. The molecule has 6 heteroatoms. The van der Waals surface area contributed by atoms with Gasteiger partial charge in [0, 0.05) is 12.7 Å². The lowest BCUT2D eigenvalue weighted by molar-refractivity contribution is 0.281. The van der Waals surface area contributed by atoms with E-state index in [4.69, 9.17) is 5.11 Å². The van der Waals surface area contributed by atoms with Gasteiger partial charge < -0.3 is 5.11 Å². The molecule has 0 saturated carbocycles. The third-order valence-electron chi connectivity index (χ3n) is 3.45. The SMILES string of the molecule is CCCCCC(C)(C)CNS(=O)(=O)c1ccc(CO)cn1. The van der Waals surface area contributed by atoms with E-state index in [0.717, 1.165) is 19.3 Å². The summed E-state index contributed by atoms with van der Waals surface area (Å²) in [6, 6.07) is 2.98. The summed E-state index contributed by atoms with van der Waals surface area (Å²) in [5.41, 5.74) is 0.515. The highest BCUT2D eigenvalue weighted by atomic mass is 32.2. The second-order valence-electron chi connectivity index (χ2n) is 6.11. The van der Waals surface area contributed by atoms with E-state index in [1.807, 2.05) is 0 Å². The van der Waals surface area contributed by atoms with Gasteiger partial charge in [-0.2, -0.15) is 0 Å². The number of nitrogens with zero attached hydrogens (tertiary/aromatic N) is 1. The minimum atomic E-state index is -3.59. The molecule has 2 N–H and O–H groups in total. The molecule has 0 atom stereocenters. The number of sulfonamides is 1.